The Morgan fingerprint density at radius 1 is 1.16 bits per heavy atom. The minimum Gasteiger partial charge on any atom is -0.357 e. The molecule has 2 rings (SSSR count). The smallest absolute Gasteiger partial charge is 0.226 e. The van der Waals surface area contributed by atoms with E-state index in [1.54, 1.807) is 0 Å². The van der Waals surface area contributed by atoms with E-state index in [0.717, 1.165) is 44.9 Å². The van der Waals surface area contributed by atoms with E-state index < -0.39 is 0 Å². The Bertz CT molecular complexity index is 494. The molecule has 0 aromatic carbocycles. The minimum absolute atomic E-state index is 0.693. The first-order valence-corrected chi connectivity index (χ1v) is 9.81. The van der Waals surface area contributed by atoms with Crippen molar-refractivity contribution in [1.82, 2.24) is 25.7 Å². The Kier molecular flexibility index (Phi) is 9.33. The number of aliphatic imine (C=N–C) groups is 1. The predicted octanol–water partition coefficient (Wildman–Crippen LogP) is 2.13. The zero-order valence-corrected chi connectivity index (χ0v) is 15.9. The molecule has 7 heteroatoms. The molecule has 2 heterocycles. The molecule has 7 nitrogen and oxygen atoms in total. The first-order chi connectivity index (χ1) is 12.3. The van der Waals surface area contributed by atoms with Crippen molar-refractivity contribution in [2.24, 2.45) is 4.99 Å². The third-order valence-corrected chi connectivity index (χ3v) is 4.37. The van der Waals surface area contributed by atoms with Gasteiger partial charge < -0.3 is 20.1 Å². The Balaban J connectivity index is 1.61. The van der Waals surface area contributed by atoms with E-state index in [1.807, 2.05) is 6.92 Å². The van der Waals surface area contributed by atoms with Gasteiger partial charge in [0.15, 0.2) is 11.8 Å². The summed E-state index contributed by atoms with van der Waals surface area (Å²) in [5.41, 5.74) is 0. The van der Waals surface area contributed by atoms with Gasteiger partial charge in [-0.3, -0.25) is 4.99 Å². The van der Waals surface area contributed by atoms with Gasteiger partial charge in [0.25, 0.3) is 0 Å². The maximum absolute atomic E-state index is 5.12. The first kappa shape index (κ1) is 19.7. The summed E-state index contributed by atoms with van der Waals surface area (Å²) in [5, 5.41) is 10.6. The molecule has 0 amide bonds. The summed E-state index contributed by atoms with van der Waals surface area (Å²) in [6, 6.07) is 0. The van der Waals surface area contributed by atoms with Gasteiger partial charge in [0.1, 0.15) is 0 Å². The van der Waals surface area contributed by atoms with Crippen LogP contribution < -0.4 is 10.6 Å². The maximum Gasteiger partial charge on any atom is 0.226 e. The average Bonchev–Trinajstić information content (AvgIpc) is 2.85. The van der Waals surface area contributed by atoms with Crippen molar-refractivity contribution in [2.75, 3.05) is 39.3 Å². The van der Waals surface area contributed by atoms with E-state index in [4.69, 9.17) is 4.52 Å². The number of guanidine groups is 1. The molecule has 1 aromatic rings. The molecule has 142 valence electrons. The molecule has 25 heavy (non-hydrogen) atoms. The fourth-order valence-electron chi connectivity index (χ4n) is 3.07. The van der Waals surface area contributed by atoms with Crippen molar-refractivity contribution in [3.8, 4) is 0 Å². The van der Waals surface area contributed by atoms with Crippen LogP contribution in [0.4, 0.5) is 0 Å². The maximum atomic E-state index is 5.12. The lowest BCUT2D eigenvalue weighted by Crippen LogP contribution is -2.39. The molecule has 1 aromatic heterocycles. The zero-order valence-electron chi connectivity index (χ0n) is 15.9. The van der Waals surface area contributed by atoms with Crippen molar-refractivity contribution in [3.05, 3.63) is 11.7 Å². The molecule has 2 N–H and O–H groups in total. The van der Waals surface area contributed by atoms with Crippen LogP contribution in [0, 0.1) is 6.92 Å². The first-order valence-electron chi connectivity index (χ1n) is 9.81. The number of aromatic nitrogens is 2. The molecule has 0 radical (unpaired) electrons. The number of likely N-dealkylation sites (tertiary alicyclic amines) is 1. The van der Waals surface area contributed by atoms with Gasteiger partial charge in [-0.15, -0.1) is 0 Å². The van der Waals surface area contributed by atoms with Crippen LogP contribution >= 0.6 is 0 Å². The highest BCUT2D eigenvalue weighted by Crippen LogP contribution is 2.09. The van der Waals surface area contributed by atoms with Gasteiger partial charge in [0.05, 0.1) is 0 Å². The Labute approximate surface area is 151 Å². The molecule has 1 aliphatic heterocycles. The van der Waals surface area contributed by atoms with Crippen molar-refractivity contribution in [3.63, 3.8) is 0 Å². The summed E-state index contributed by atoms with van der Waals surface area (Å²) in [4.78, 5) is 11.4. The minimum atomic E-state index is 0.693. The lowest BCUT2D eigenvalue weighted by atomic mass is 10.2. The van der Waals surface area contributed by atoms with Gasteiger partial charge >= 0.3 is 0 Å². The number of hydrogen-bond donors (Lipinski definition) is 2. The Morgan fingerprint density at radius 3 is 2.64 bits per heavy atom. The Morgan fingerprint density at radius 2 is 1.96 bits per heavy atom. The molecule has 0 saturated carbocycles. The van der Waals surface area contributed by atoms with Crippen LogP contribution in [0.25, 0.3) is 0 Å². The van der Waals surface area contributed by atoms with Crippen molar-refractivity contribution < 1.29 is 4.52 Å². The van der Waals surface area contributed by atoms with Gasteiger partial charge in [0, 0.05) is 26.1 Å². The Hall–Kier alpha value is -1.63. The second kappa shape index (κ2) is 11.8. The summed E-state index contributed by atoms with van der Waals surface area (Å²) in [7, 11) is 0. The van der Waals surface area contributed by atoms with E-state index in [9.17, 15) is 0 Å². The van der Waals surface area contributed by atoms with E-state index in [0.29, 0.717) is 11.7 Å². The fraction of sp³-hybridized carbons (Fsp3) is 0.833. The third kappa shape index (κ3) is 8.34. The summed E-state index contributed by atoms with van der Waals surface area (Å²) in [6.07, 6.45) is 8.36. The van der Waals surface area contributed by atoms with Crippen molar-refractivity contribution in [2.45, 2.75) is 58.8 Å². The van der Waals surface area contributed by atoms with Gasteiger partial charge in [-0.1, -0.05) is 18.0 Å². The summed E-state index contributed by atoms with van der Waals surface area (Å²) in [6.45, 7) is 10.2. The standard InChI is InChI=1S/C18H34N6O/c1-3-19-18(20-11-8-10-17-22-16(2)23-25-17)21-12-9-15-24-13-6-4-5-7-14-24/h3-15H2,1-2H3,(H2,19,20,21). The van der Waals surface area contributed by atoms with Gasteiger partial charge in [-0.05, 0) is 59.2 Å². The van der Waals surface area contributed by atoms with Crippen LogP contribution in [0.3, 0.4) is 0 Å². The molecule has 1 aliphatic rings. The van der Waals surface area contributed by atoms with Crippen molar-refractivity contribution in [1.29, 1.82) is 0 Å². The quantitative estimate of drug-likeness (QED) is 0.403. The molecule has 0 aliphatic carbocycles. The summed E-state index contributed by atoms with van der Waals surface area (Å²) in [5.74, 6) is 2.29. The lowest BCUT2D eigenvalue weighted by molar-refractivity contribution is 0.282. The van der Waals surface area contributed by atoms with Gasteiger partial charge in [-0.2, -0.15) is 4.98 Å². The van der Waals surface area contributed by atoms with E-state index in [2.05, 4.69) is 37.6 Å². The van der Waals surface area contributed by atoms with Crippen molar-refractivity contribution >= 4 is 5.96 Å². The van der Waals surface area contributed by atoms with E-state index in [-0.39, 0.29) is 0 Å². The molecule has 1 fully saturated rings. The lowest BCUT2D eigenvalue weighted by Gasteiger charge is -2.20. The number of rotatable bonds is 9. The summed E-state index contributed by atoms with van der Waals surface area (Å²) < 4.78 is 5.12. The third-order valence-electron chi connectivity index (χ3n) is 4.37. The average molecular weight is 351 g/mol. The van der Waals surface area contributed by atoms with Crippen LogP contribution in [-0.2, 0) is 6.42 Å². The molecule has 0 atom stereocenters. The topological polar surface area (TPSA) is 78.6 Å². The van der Waals surface area contributed by atoms with E-state index in [1.165, 1.54) is 45.3 Å². The molecule has 0 bridgehead atoms. The molecule has 0 spiro atoms. The number of nitrogens with one attached hydrogen (secondary N) is 2. The predicted molar refractivity (Wildman–Crippen MR) is 101 cm³/mol. The highest BCUT2D eigenvalue weighted by atomic mass is 16.5. The molecule has 1 saturated heterocycles. The van der Waals surface area contributed by atoms with Crippen LogP contribution in [0.15, 0.2) is 9.52 Å². The monoisotopic (exact) mass is 350 g/mol. The molecular weight excluding hydrogens is 316 g/mol. The van der Waals surface area contributed by atoms with Gasteiger partial charge in [0.2, 0.25) is 5.89 Å². The summed E-state index contributed by atoms with van der Waals surface area (Å²) >= 11 is 0. The van der Waals surface area contributed by atoms with Crippen LogP contribution in [-0.4, -0.2) is 60.3 Å². The van der Waals surface area contributed by atoms with E-state index >= 15 is 0 Å². The normalized spacial score (nSPS) is 16.6. The number of aryl methyl sites for hydroxylation is 2. The highest BCUT2D eigenvalue weighted by Gasteiger charge is 2.08. The zero-order chi connectivity index (χ0) is 17.7. The van der Waals surface area contributed by atoms with Crippen LogP contribution in [0.2, 0.25) is 0 Å². The second-order valence-electron chi connectivity index (χ2n) is 6.64. The number of nitrogens with zero attached hydrogens (tertiary/aromatic N) is 4. The SMILES string of the molecule is CCNC(=NCCCc1nc(C)no1)NCCCN1CCCCCC1. The molecule has 0 unspecified atom stereocenters. The fourth-order valence-corrected chi connectivity index (χ4v) is 3.07. The largest absolute Gasteiger partial charge is 0.357 e. The van der Waals surface area contributed by atoms with Crippen LogP contribution in [0.5, 0.6) is 0 Å². The number of hydrogen-bond acceptors (Lipinski definition) is 5. The van der Waals surface area contributed by atoms with Crippen LogP contribution in [0.1, 0.15) is 57.2 Å². The highest BCUT2D eigenvalue weighted by molar-refractivity contribution is 5.79. The second-order valence-corrected chi connectivity index (χ2v) is 6.64. The van der Waals surface area contributed by atoms with Gasteiger partial charge in [-0.25, -0.2) is 0 Å². The molecular formula is C18H34N6O.